The van der Waals surface area contributed by atoms with Crippen molar-refractivity contribution in [2.75, 3.05) is 13.2 Å². The summed E-state index contributed by atoms with van der Waals surface area (Å²) in [6.07, 6.45) is 3.06. The van der Waals surface area contributed by atoms with E-state index in [0.717, 1.165) is 18.5 Å². The third-order valence-corrected chi connectivity index (χ3v) is 6.92. The minimum Gasteiger partial charge on any atom is -0.491 e. The van der Waals surface area contributed by atoms with Gasteiger partial charge in [-0.2, -0.15) is 0 Å². The molecule has 4 N–H and O–H groups in total. The van der Waals surface area contributed by atoms with Crippen molar-refractivity contribution in [2.24, 2.45) is 11.1 Å². The molecule has 2 aliphatic rings. The molecule has 1 unspecified atom stereocenters. The predicted octanol–water partition coefficient (Wildman–Crippen LogP) is 1.14. The lowest BCUT2D eigenvalue weighted by atomic mass is 9.85. The quantitative estimate of drug-likeness (QED) is 0.455. The molecule has 1 saturated heterocycles. The Balaban J connectivity index is 1.53. The molecule has 3 amide bonds. The van der Waals surface area contributed by atoms with Crippen LogP contribution < -0.4 is 15.8 Å². The van der Waals surface area contributed by atoms with E-state index in [9.17, 15) is 19.5 Å². The molecule has 37 heavy (non-hydrogen) atoms. The van der Waals surface area contributed by atoms with Crippen molar-refractivity contribution in [3.05, 3.63) is 42.2 Å². The van der Waals surface area contributed by atoms with E-state index in [4.69, 9.17) is 10.5 Å². The number of rotatable bonds is 9. The Morgan fingerprint density at radius 2 is 1.86 bits per heavy atom. The fraction of sp³-hybridized carbons (Fsp3) is 0.577. The lowest BCUT2D eigenvalue weighted by Crippen LogP contribution is -2.62. The second-order valence-corrected chi connectivity index (χ2v) is 11.3. The molecule has 0 spiro atoms. The number of aromatic nitrogens is 3. The van der Waals surface area contributed by atoms with Gasteiger partial charge in [-0.05, 0) is 37.3 Å². The van der Waals surface area contributed by atoms with E-state index in [1.54, 1.807) is 35.1 Å². The highest BCUT2D eigenvalue weighted by Gasteiger charge is 2.47. The molecular formula is C26H36N6O5. The van der Waals surface area contributed by atoms with E-state index >= 15 is 0 Å². The summed E-state index contributed by atoms with van der Waals surface area (Å²) in [5, 5.41) is 21.6. The third kappa shape index (κ3) is 5.93. The van der Waals surface area contributed by atoms with Crippen LogP contribution in [0.2, 0.25) is 0 Å². The van der Waals surface area contributed by atoms with Gasteiger partial charge in [-0.25, -0.2) is 4.68 Å². The summed E-state index contributed by atoms with van der Waals surface area (Å²) in [6, 6.07) is 7.12. The standard InChI is InChI=1S/C26H36N6O5/c1-25(2,3)21(32-14-19(29-30-32)16-10-11-16)23(35)31-13-17(33)12-20(31)22(34)28-26(4,24(27)36)15-37-18-8-6-5-7-9-18/h5-9,14,16-17,20-21,33H,10-13,15H2,1-4H3,(H2,27,36)(H,28,34)/t17-,20+,21-,26?/m1/s1. The molecule has 0 bridgehead atoms. The first-order valence-corrected chi connectivity index (χ1v) is 12.6. The van der Waals surface area contributed by atoms with Crippen LogP contribution in [0.3, 0.4) is 0 Å². The van der Waals surface area contributed by atoms with Crippen LogP contribution in [0.25, 0.3) is 0 Å². The number of hydrogen-bond acceptors (Lipinski definition) is 7. The van der Waals surface area contributed by atoms with Crippen LogP contribution in [0.4, 0.5) is 0 Å². The van der Waals surface area contributed by atoms with Crippen LogP contribution >= 0.6 is 0 Å². The Kier molecular flexibility index (Phi) is 7.27. The fourth-order valence-electron chi connectivity index (χ4n) is 4.59. The molecule has 11 nitrogen and oxygen atoms in total. The molecular weight excluding hydrogens is 476 g/mol. The van der Waals surface area contributed by atoms with Crippen molar-refractivity contribution in [2.45, 2.75) is 76.6 Å². The van der Waals surface area contributed by atoms with Gasteiger partial charge in [-0.3, -0.25) is 14.4 Å². The number of hydrogen-bond donors (Lipinski definition) is 3. The highest BCUT2D eigenvalue weighted by Crippen LogP contribution is 2.40. The summed E-state index contributed by atoms with van der Waals surface area (Å²) in [6.45, 7) is 7.01. The lowest BCUT2D eigenvalue weighted by Gasteiger charge is -2.35. The number of carbonyl (C=O) groups excluding carboxylic acids is 3. The maximum atomic E-state index is 13.9. The van der Waals surface area contributed by atoms with Crippen LogP contribution in [0.5, 0.6) is 5.75 Å². The largest absolute Gasteiger partial charge is 0.491 e. The number of nitrogens with zero attached hydrogens (tertiary/aromatic N) is 4. The van der Waals surface area contributed by atoms with Gasteiger partial charge in [0.05, 0.1) is 11.8 Å². The molecule has 200 valence electrons. The van der Waals surface area contributed by atoms with Crippen LogP contribution in [0.15, 0.2) is 36.5 Å². The van der Waals surface area contributed by atoms with Crippen LogP contribution in [0, 0.1) is 5.41 Å². The van der Waals surface area contributed by atoms with E-state index in [2.05, 4.69) is 15.6 Å². The third-order valence-electron chi connectivity index (χ3n) is 6.92. The molecule has 1 aliphatic heterocycles. The summed E-state index contributed by atoms with van der Waals surface area (Å²) in [7, 11) is 0. The molecule has 4 rings (SSSR count). The van der Waals surface area contributed by atoms with Crippen molar-refractivity contribution >= 4 is 17.7 Å². The van der Waals surface area contributed by atoms with Crippen molar-refractivity contribution in [3.8, 4) is 5.75 Å². The minimum atomic E-state index is -1.54. The number of likely N-dealkylation sites (tertiary alicyclic amines) is 1. The van der Waals surface area contributed by atoms with Gasteiger partial charge in [-0.15, -0.1) is 5.10 Å². The zero-order valence-electron chi connectivity index (χ0n) is 21.8. The summed E-state index contributed by atoms with van der Waals surface area (Å²) < 4.78 is 7.26. The van der Waals surface area contributed by atoms with Crippen molar-refractivity contribution in [1.29, 1.82) is 0 Å². The number of primary amides is 1. The van der Waals surface area contributed by atoms with E-state index in [1.807, 2.05) is 26.8 Å². The zero-order chi connectivity index (χ0) is 27.0. The Morgan fingerprint density at radius 1 is 1.19 bits per heavy atom. The first kappa shape index (κ1) is 26.6. The molecule has 2 heterocycles. The summed E-state index contributed by atoms with van der Waals surface area (Å²) in [5.74, 6) is -0.827. The number of ether oxygens (including phenoxy) is 1. The van der Waals surface area contributed by atoms with Gasteiger partial charge in [-0.1, -0.05) is 44.2 Å². The average Bonchev–Trinajstić information content (AvgIpc) is 3.44. The van der Waals surface area contributed by atoms with Crippen LogP contribution in [-0.2, 0) is 14.4 Å². The number of benzene rings is 1. The van der Waals surface area contributed by atoms with E-state index < -0.39 is 41.0 Å². The second kappa shape index (κ2) is 10.1. The maximum absolute atomic E-state index is 13.9. The molecule has 1 aromatic heterocycles. The van der Waals surface area contributed by atoms with Gasteiger partial charge in [0.2, 0.25) is 17.7 Å². The molecule has 1 saturated carbocycles. The lowest BCUT2D eigenvalue weighted by molar-refractivity contribution is -0.145. The van der Waals surface area contributed by atoms with Gasteiger partial charge in [0.15, 0.2) is 0 Å². The first-order chi connectivity index (χ1) is 17.4. The molecule has 4 atom stereocenters. The second-order valence-electron chi connectivity index (χ2n) is 11.3. The molecule has 2 aromatic rings. The number of nitrogens with one attached hydrogen (secondary N) is 1. The number of amides is 3. The smallest absolute Gasteiger partial charge is 0.248 e. The van der Waals surface area contributed by atoms with Gasteiger partial charge >= 0.3 is 0 Å². The Hall–Kier alpha value is -3.47. The molecule has 1 aromatic carbocycles. The SMILES string of the molecule is CC(COc1ccccc1)(NC(=O)[C@@H]1C[C@@H](O)CN1C(=O)[C@@H](n1cc(C2CC2)nn1)C(C)(C)C)C(N)=O. The van der Waals surface area contributed by atoms with Crippen LogP contribution in [-0.4, -0.2) is 73.6 Å². The number of para-hydroxylation sites is 1. The number of nitrogens with two attached hydrogens (primary N) is 1. The fourth-order valence-corrected chi connectivity index (χ4v) is 4.59. The topological polar surface area (TPSA) is 153 Å². The van der Waals surface area contributed by atoms with Crippen molar-refractivity contribution in [1.82, 2.24) is 25.2 Å². The molecule has 1 aliphatic carbocycles. The summed E-state index contributed by atoms with van der Waals surface area (Å²) >= 11 is 0. The molecule has 0 radical (unpaired) electrons. The van der Waals surface area contributed by atoms with Crippen molar-refractivity contribution < 1.29 is 24.2 Å². The Bertz CT molecular complexity index is 1140. The van der Waals surface area contributed by atoms with E-state index in [-0.39, 0.29) is 25.5 Å². The van der Waals surface area contributed by atoms with E-state index in [0.29, 0.717) is 11.7 Å². The number of aliphatic hydroxyl groups is 1. The molecule has 11 heteroatoms. The van der Waals surface area contributed by atoms with Gasteiger partial charge < -0.3 is 25.8 Å². The maximum Gasteiger partial charge on any atom is 0.248 e. The number of carbonyl (C=O) groups is 3. The monoisotopic (exact) mass is 512 g/mol. The van der Waals surface area contributed by atoms with Gasteiger partial charge in [0.25, 0.3) is 0 Å². The zero-order valence-corrected chi connectivity index (χ0v) is 21.8. The van der Waals surface area contributed by atoms with E-state index in [1.165, 1.54) is 11.8 Å². The number of β-amino-alcohol motifs (C(OH)–C–C–N with tert-alkyl or cyclic N) is 1. The summed E-state index contributed by atoms with van der Waals surface area (Å²) in [4.78, 5) is 41.0. The Labute approximate surface area is 216 Å². The normalized spacial score (nSPS) is 22.2. The molecule has 2 fully saturated rings. The highest BCUT2D eigenvalue weighted by molar-refractivity contribution is 5.94. The Morgan fingerprint density at radius 3 is 2.46 bits per heavy atom. The minimum absolute atomic E-state index is 0.0124. The van der Waals surface area contributed by atoms with Gasteiger partial charge in [0, 0.05) is 25.1 Å². The first-order valence-electron chi connectivity index (χ1n) is 12.6. The van der Waals surface area contributed by atoms with Gasteiger partial charge in [0.1, 0.15) is 30.0 Å². The predicted molar refractivity (Wildman–Crippen MR) is 134 cm³/mol. The highest BCUT2D eigenvalue weighted by atomic mass is 16.5. The van der Waals surface area contributed by atoms with Crippen LogP contribution in [0.1, 0.15) is 64.6 Å². The summed E-state index contributed by atoms with van der Waals surface area (Å²) in [5.41, 5.74) is 4.40. The van der Waals surface area contributed by atoms with Crippen molar-refractivity contribution in [3.63, 3.8) is 0 Å². The average molecular weight is 513 g/mol. The number of aliphatic hydroxyl groups excluding tert-OH is 1.